The Hall–Kier alpha value is -1.26. The normalized spacial score (nSPS) is 17.9. The smallest absolute Gasteiger partial charge is 0.123 e. The average molecular weight is 264 g/mol. The molecule has 1 aromatic rings. The van der Waals surface area contributed by atoms with Crippen LogP contribution in [0.5, 0.6) is 11.5 Å². The van der Waals surface area contributed by atoms with E-state index in [-0.39, 0.29) is 0 Å². The highest BCUT2D eigenvalue weighted by Gasteiger charge is 2.21. The summed E-state index contributed by atoms with van der Waals surface area (Å²) in [5.74, 6) is 1.02. The van der Waals surface area contributed by atoms with Crippen molar-refractivity contribution in [1.29, 1.82) is 0 Å². The molecular formula is C15H24N2O2. The highest BCUT2D eigenvalue weighted by molar-refractivity contribution is 5.39. The molecule has 1 fully saturated rings. The van der Waals surface area contributed by atoms with Gasteiger partial charge in [-0.2, -0.15) is 0 Å². The van der Waals surface area contributed by atoms with Crippen molar-refractivity contribution in [2.45, 2.75) is 25.4 Å². The van der Waals surface area contributed by atoms with Gasteiger partial charge in [-0.15, -0.1) is 0 Å². The number of benzene rings is 1. The van der Waals surface area contributed by atoms with E-state index in [9.17, 15) is 5.11 Å². The number of phenolic OH excluding ortho intramolecular Hbond substituents is 1. The highest BCUT2D eigenvalue weighted by Crippen LogP contribution is 2.26. The second kappa shape index (κ2) is 6.26. The molecule has 1 heterocycles. The first-order chi connectivity index (χ1) is 9.10. The Balaban J connectivity index is 1.96. The summed E-state index contributed by atoms with van der Waals surface area (Å²) in [6.45, 7) is 3.09. The summed E-state index contributed by atoms with van der Waals surface area (Å²) in [6, 6.07) is 6.13. The van der Waals surface area contributed by atoms with Crippen LogP contribution in [0.4, 0.5) is 0 Å². The molecule has 0 bridgehead atoms. The minimum atomic E-state index is 0.319. The van der Waals surface area contributed by atoms with Crippen LogP contribution in [0, 0.1) is 0 Å². The van der Waals surface area contributed by atoms with E-state index in [0.717, 1.165) is 25.2 Å². The number of likely N-dealkylation sites (tertiary alicyclic amines) is 1. The van der Waals surface area contributed by atoms with Crippen LogP contribution in [-0.2, 0) is 6.54 Å². The van der Waals surface area contributed by atoms with E-state index in [4.69, 9.17) is 4.74 Å². The second-order valence-electron chi connectivity index (χ2n) is 5.44. The maximum atomic E-state index is 10.00. The van der Waals surface area contributed by atoms with Gasteiger partial charge in [-0.3, -0.25) is 4.90 Å². The number of nitrogens with zero attached hydrogens (tertiary/aromatic N) is 2. The number of rotatable bonds is 4. The molecule has 1 aliphatic rings. The van der Waals surface area contributed by atoms with Crippen molar-refractivity contribution < 1.29 is 9.84 Å². The van der Waals surface area contributed by atoms with Crippen molar-refractivity contribution >= 4 is 0 Å². The first-order valence-electron chi connectivity index (χ1n) is 6.85. The van der Waals surface area contributed by atoms with Gasteiger partial charge in [0.2, 0.25) is 0 Å². The molecular weight excluding hydrogens is 240 g/mol. The SMILES string of the molecule is COc1ccc(CN(C)C2CCN(C)CC2)c(O)c1. The predicted molar refractivity (Wildman–Crippen MR) is 76.6 cm³/mol. The highest BCUT2D eigenvalue weighted by atomic mass is 16.5. The molecule has 2 rings (SSSR count). The summed E-state index contributed by atoms with van der Waals surface area (Å²) in [5.41, 5.74) is 0.960. The average Bonchev–Trinajstić information content (AvgIpc) is 2.41. The van der Waals surface area contributed by atoms with Gasteiger partial charge in [0.25, 0.3) is 0 Å². The lowest BCUT2D eigenvalue weighted by Crippen LogP contribution is -2.41. The van der Waals surface area contributed by atoms with E-state index in [2.05, 4.69) is 23.9 Å². The molecule has 0 aromatic heterocycles. The van der Waals surface area contributed by atoms with Crippen molar-refractivity contribution in [3.63, 3.8) is 0 Å². The minimum absolute atomic E-state index is 0.319. The van der Waals surface area contributed by atoms with Crippen LogP contribution >= 0.6 is 0 Å². The molecule has 0 amide bonds. The van der Waals surface area contributed by atoms with Crippen LogP contribution in [-0.4, -0.2) is 55.2 Å². The predicted octanol–water partition coefficient (Wildman–Crippen LogP) is 1.93. The number of aromatic hydroxyl groups is 1. The molecule has 0 aliphatic carbocycles. The Morgan fingerprint density at radius 1 is 1.37 bits per heavy atom. The lowest BCUT2D eigenvalue weighted by Gasteiger charge is -2.35. The first-order valence-corrected chi connectivity index (χ1v) is 6.85. The van der Waals surface area contributed by atoms with Gasteiger partial charge in [0, 0.05) is 24.2 Å². The standard InChI is InChI=1S/C15H24N2O2/c1-16-8-6-13(7-9-16)17(2)11-12-4-5-14(19-3)10-15(12)18/h4-5,10,13,18H,6-9,11H2,1-3H3. The van der Waals surface area contributed by atoms with E-state index >= 15 is 0 Å². The van der Waals surface area contributed by atoms with E-state index in [1.807, 2.05) is 12.1 Å². The lowest BCUT2D eigenvalue weighted by molar-refractivity contribution is 0.138. The van der Waals surface area contributed by atoms with Gasteiger partial charge in [-0.05, 0) is 46.1 Å². The van der Waals surface area contributed by atoms with Crippen LogP contribution < -0.4 is 4.74 Å². The maximum absolute atomic E-state index is 10.00. The summed E-state index contributed by atoms with van der Waals surface area (Å²) in [6.07, 6.45) is 2.40. The van der Waals surface area contributed by atoms with Gasteiger partial charge in [0.1, 0.15) is 11.5 Å². The molecule has 0 radical (unpaired) electrons. The number of piperidine rings is 1. The molecule has 1 aliphatic heterocycles. The molecule has 0 atom stereocenters. The van der Waals surface area contributed by atoms with Crippen molar-refractivity contribution in [1.82, 2.24) is 9.80 Å². The third-order valence-electron chi connectivity index (χ3n) is 4.02. The molecule has 0 saturated carbocycles. The minimum Gasteiger partial charge on any atom is -0.507 e. The van der Waals surface area contributed by atoms with Gasteiger partial charge in [0.15, 0.2) is 0 Å². The zero-order chi connectivity index (χ0) is 13.8. The van der Waals surface area contributed by atoms with E-state index in [1.165, 1.54) is 12.8 Å². The van der Waals surface area contributed by atoms with Crippen molar-refractivity contribution in [2.24, 2.45) is 0 Å². The number of methoxy groups -OCH3 is 1. The van der Waals surface area contributed by atoms with Gasteiger partial charge >= 0.3 is 0 Å². The fraction of sp³-hybridized carbons (Fsp3) is 0.600. The molecule has 1 N–H and O–H groups in total. The quantitative estimate of drug-likeness (QED) is 0.901. The van der Waals surface area contributed by atoms with Crippen molar-refractivity contribution in [3.8, 4) is 11.5 Å². The van der Waals surface area contributed by atoms with Crippen LogP contribution in [0.25, 0.3) is 0 Å². The molecule has 0 unspecified atom stereocenters. The fourth-order valence-corrected chi connectivity index (χ4v) is 2.64. The Bertz CT molecular complexity index is 415. The number of hydrogen-bond acceptors (Lipinski definition) is 4. The summed E-state index contributed by atoms with van der Waals surface area (Å²) < 4.78 is 5.10. The second-order valence-corrected chi connectivity index (χ2v) is 5.44. The third-order valence-corrected chi connectivity index (χ3v) is 4.02. The Morgan fingerprint density at radius 3 is 2.63 bits per heavy atom. The molecule has 1 saturated heterocycles. The number of ether oxygens (including phenoxy) is 1. The van der Waals surface area contributed by atoms with E-state index in [1.54, 1.807) is 13.2 Å². The van der Waals surface area contributed by atoms with Crippen LogP contribution in [0.3, 0.4) is 0 Å². The maximum Gasteiger partial charge on any atom is 0.123 e. The molecule has 1 aromatic carbocycles. The largest absolute Gasteiger partial charge is 0.507 e. The molecule has 106 valence electrons. The van der Waals surface area contributed by atoms with Gasteiger partial charge in [0.05, 0.1) is 7.11 Å². The summed E-state index contributed by atoms with van der Waals surface area (Å²) in [7, 11) is 5.92. The van der Waals surface area contributed by atoms with Gasteiger partial charge in [-0.25, -0.2) is 0 Å². The Morgan fingerprint density at radius 2 is 2.05 bits per heavy atom. The number of phenols is 1. The Kier molecular flexibility index (Phi) is 4.66. The van der Waals surface area contributed by atoms with Gasteiger partial charge in [-0.1, -0.05) is 6.07 Å². The van der Waals surface area contributed by atoms with Crippen molar-refractivity contribution in [2.75, 3.05) is 34.3 Å². The Labute approximate surface area is 115 Å². The zero-order valence-electron chi connectivity index (χ0n) is 12.1. The fourth-order valence-electron chi connectivity index (χ4n) is 2.64. The van der Waals surface area contributed by atoms with Crippen LogP contribution in [0.2, 0.25) is 0 Å². The summed E-state index contributed by atoms with van der Waals surface area (Å²) in [5, 5.41) is 10.00. The summed E-state index contributed by atoms with van der Waals surface area (Å²) in [4.78, 5) is 4.71. The van der Waals surface area contributed by atoms with Crippen LogP contribution in [0.15, 0.2) is 18.2 Å². The van der Waals surface area contributed by atoms with Crippen molar-refractivity contribution in [3.05, 3.63) is 23.8 Å². The first kappa shape index (κ1) is 14.2. The van der Waals surface area contributed by atoms with Crippen LogP contribution in [0.1, 0.15) is 18.4 Å². The lowest BCUT2D eigenvalue weighted by atomic mass is 10.0. The zero-order valence-corrected chi connectivity index (χ0v) is 12.1. The van der Waals surface area contributed by atoms with E-state index < -0.39 is 0 Å². The van der Waals surface area contributed by atoms with Gasteiger partial charge < -0.3 is 14.7 Å². The topological polar surface area (TPSA) is 35.9 Å². The molecule has 4 nitrogen and oxygen atoms in total. The number of hydrogen-bond donors (Lipinski definition) is 1. The monoisotopic (exact) mass is 264 g/mol. The molecule has 4 heteroatoms. The van der Waals surface area contributed by atoms with E-state index in [0.29, 0.717) is 17.5 Å². The molecule has 19 heavy (non-hydrogen) atoms. The third kappa shape index (κ3) is 3.61. The summed E-state index contributed by atoms with van der Waals surface area (Å²) >= 11 is 0. The molecule has 0 spiro atoms.